The number of hydrogen-bond acceptors (Lipinski definition) is 3. The number of unbranched alkanes of at least 4 members (excludes halogenated alkanes) is 2. The molecule has 27 heavy (non-hydrogen) atoms. The van der Waals surface area contributed by atoms with E-state index in [-0.39, 0.29) is 12.5 Å². The standard InChI is InChI=1S/C21H28N2O3S/c1-4-5-6-15-22-21(24)19-11-13-20(14-12-19)23(27(3,25)26)16-18-9-7-17(2)8-10-18/h7-14H,4-6,15-16H2,1-3H3,(H,22,24). The van der Waals surface area contributed by atoms with E-state index in [9.17, 15) is 13.2 Å². The number of anilines is 1. The van der Waals surface area contributed by atoms with Crippen LogP contribution in [-0.2, 0) is 16.6 Å². The van der Waals surface area contributed by atoms with E-state index in [4.69, 9.17) is 0 Å². The van der Waals surface area contributed by atoms with Gasteiger partial charge in [0.05, 0.1) is 18.5 Å². The molecule has 0 aliphatic rings. The first-order valence-electron chi connectivity index (χ1n) is 9.23. The van der Waals surface area contributed by atoms with Gasteiger partial charge in [0.25, 0.3) is 5.91 Å². The molecule has 0 unspecified atom stereocenters. The Morgan fingerprint density at radius 3 is 2.19 bits per heavy atom. The summed E-state index contributed by atoms with van der Waals surface area (Å²) in [5.74, 6) is -0.137. The van der Waals surface area contributed by atoms with Gasteiger partial charge >= 0.3 is 0 Å². The Balaban J connectivity index is 2.12. The van der Waals surface area contributed by atoms with Crippen LogP contribution in [0.5, 0.6) is 0 Å². The lowest BCUT2D eigenvalue weighted by Crippen LogP contribution is -2.29. The van der Waals surface area contributed by atoms with Gasteiger partial charge in [-0.25, -0.2) is 8.42 Å². The average Bonchev–Trinajstić information content (AvgIpc) is 2.64. The van der Waals surface area contributed by atoms with Crippen LogP contribution in [0.4, 0.5) is 5.69 Å². The number of hydrogen-bond donors (Lipinski definition) is 1. The van der Waals surface area contributed by atoms with Gasteiger partial charge in [0, 0.05) is 12.1 Å². The topological polar surface area (TPSA) is 66.5 Å². The van der Waals surface area contributed by atoms with Crippen molar-refractivity contribution in [3.63, 3.8) is 0 Å². The minimum absolute atomic E-state index is 0.137. The number of aryl methyl sites for hydroxylation is 1. The van der Waals surface area contributed by atoms with Gasteiger partial charge in [0.15, 0.2) is 0 Å². The van der Waals surface area contributed by atoms with Crippen molar-refractivity contribution in [2.45, 2.75) is 39.7 Å². The summed E-state index contributed by atoms with van der Waals surface area (Å²) < 4.78 is 25.9. The second-order valence-electron chi connectivity index (χ2n) is 6.77. The van der Waals surface area contributed by atoms with Crippen molar-refractivity contribution in [2.75, 3.05) is 17.1 Å². The Labute approximate surface area is 162 Å². The molecule has 0 heterocycles. The number of rotatable bonds is 9. The van der Waals surface area contributed by atoms with E-state index in [1.54, 1.807) is 24.3 Å². The maximum absolute atomic E-state index is 12.3. The van der Waals surface area contributed by atoms with Crippen LogP contribution < -0.4 is 9.62 Å². The molecule has 6 heteroatoms. The minimum Gasteiger partial charge on any atom is -0.352 e. The molecule has 0 aliphatic heterocycles. The fourth-order valence-corrected chi connectivity index (χ4v) is 3.61. The van der Waals surface area contributed by atoms with E-state index in [0.29, 0.717) is 17.8 Å². The van der Waals surface area contributed by atoms with Gasteiger partial charge in [0.1, 0.15) is 0 Å². The molecule has 1 amide bonds. The third-order valence-electron chi connectivity index (χ3n) is 4.33. The van der Waals surface area contributed by atoms with Crippen LogP contribution in [0.25, 0.3) is 0 Å². The highest BCUT2D eigenvalue weighted by Crippen LogP contribution is 2.21. The van der Waals surface area contributed by atoms with Crippen molar-refractivity contribution in [1.29, 1.82) is 0 Å². The summed E-state index contributed by atoms with van der Waals surface area (Å²) in [6, 6.07) is 14.4. The van der Waals surface area contributed by atoms with Crippen molar-refractivity contribution in [3.05, 3.63) is 65.2 Å². The summed E-state index contributed by atoms with van der Waals surface area (Å²) in [7, 11) is -3.45. The third kappa shape index (κ3) is 6.40. The van der Waals surface area contributed by atoms with Crippen LogP contribution in [0.15, 0.2) is 48.5 Å². The van der Waals surface area contributed by atoms with Crippen molar-refractivity contribution in [1.82, 2.24) is 5.32 Å². The second-order valence-corrected chi connectivity index (χ2v) is 8.67. The fraction of sp³-hybridized carbons (Fsp3) is 0.381. The molecular formula is C21H28N2O3S. The summed E-state index contributed by atoms with van der Waals surface area (Å²) in [6.07, 6.45) is 4.34. The average molecular weight is 389 g/mol. The smallest absolute Gasteiger partial charge is 0.251 e. The van der Waals surface area contributed by atoms with E-state index >= 15 is 0 Å². The zero-order valence-corrected chi connectivity index (χ0v) is 17.1. The van der Waals surface area contributed by atoms with Gasteiger partial charge in [-0.15, -0.1) is 0 Å². The molecule has 2 rings (SSSR count). The Morgan fingerprint density at radius 1 is 1.00 bits per heavy atom. The predicted molar refractivity (Wildman–Crippen MR) is 111 cm³/mol. The SMILES string of the molecule is CCCCCNC(=O)c1ccc(N(Cc2ccc(C)cc2)S(C)(=O)=O)cc1. The largest absolute Gasteiger partial charge is 0.352 e. The van der Waals surface area contributed by atoms with Crippen LogP contribution >= 0.6 is 0 Å². The molecule has 0 atom stereocenters. The molecule has 5 nitrogen and oxygen atoms in total. The van der Waals surface area contributed by atoms with Crippen LogP contribution in [-0.4, -0.2) is 27.1 Å². The maximum atomic E-state index is 12.3. The summed E-state index contributed by atoms with van der Waals surface area (Å²) >= 11 is 0. The molecule has 0 bridgehead atoms. The predicted octanol–water partition coefficient (Wildman–Crippen LogP) is 3.88. The van der Waals surface area contributed by atoms with Crippen molar-refractivity contribution in [3.8, 4) is 0 Å². The highest BCUT2D eigenvalue weighted by Gasteiger charge is 2.18. The maximum Gasteiger partial charge on any atom is 0.251 e. The number of amides is 1. The summed E-state index contributed by atoms with van der Waals surface area (Å²) in [4.78, 5) is 12.2. The lowest BCUT2D eigenvalue weighted by atomic mass is 10.1. The first-order chi connectivity index (χ1) is 12.8. The first kappa shape index (κ1) is 21.0. The zero-order chi connectivity index (χ0) is 19.9. The summed E-state index contributed by atoms with van der Waals surface area (Å²) in [5, 5.41) is 2.89. The lowest BCUT2D eigenvalue weighted by molar-refractivity contribution is 0.0953. The Kier molecular flexibility index (Phi) is 7.42. The van der Waals surface area contributed by atoms with Gasteiger partial charge in [-0.2, -0.15) is 0 Å². The number of carbonyl (C=O) groups is 1. The molecule has 2 aromatic rings. The van der Waals surface area contributed by atoms with Gasteiger partial charge in [-0.1, -0.05) is 49.6 Å². The number of carbonyl (C=O) groups excluding carboxylic acids is 1. The van der Waals surface area contributed by atoms with E-state index in [1.807, 2.05) is 31.2 Å². The van der Waals surface area contributed by atoms with Gasteiger partial charge < -0.3 is 5.32 Å². The van der Waals surface area contributed by atoms with E-state index < -0.39 is 10.0 Å². The number of benzene rings is 2. The van der Waals surface area contributed by atoms with Crippen molar-refractivity contribution < 1.29 is 13.2 Å². The molecule has 146 valence electrons. The normalized spacial score (nSPS) is 11.2. The summed E-state index contributed by atoms with van der Waals surface area (Å²) in [6.45, 7) is 5.01. The molecular weight excluding hydrogens is 360 g/mol. The van der Waals surface area contributed by atoms with E-state index in [2.05, 4.69) is 12.2 Å². The van der Waals surface area contributed by atoms with Gasteiger partial charge in [-0.3, -0.25) is 9.10 Å². The molecule has 0 spiro atoms. The molecule has 0 radical (unpaired) electrons. The number of sulfonamides is 1. The zero-order valence-electron chi connectivity index (χ0n) is 16.2. The van der Waals surface area contributed by atoms with Crippen LogP contribution in [0.3, 0.4) is 0 Å². The summed E-state index contributed by atoms with van der Waals surface area (Å²) in [5.41, 5.74) is 3.10. The van der Waals surface area contributed by atoms with Crippen LogP contribution in [0.2, 0.25) is 0 Å². The van der Waals surface area contributed by atoms with Crippen LogP contribution in [0.1, 0.15) is 47.7 Å². The molecule has 2 aromatic carbocycles. The van der Waals surface area contributed by atoms with Crippen molar-refractivity contribution >= 4 is 21.6 Å². The Bertz CT molecular complexity index is 844. The van der Waals surface area contributed by atoms with Gasteiger partial charge in [0.2, 0.25) is 10.0 Å². The lowest BCUT2D eigenvalue weighted by Gasteiger charge is -2.23. The quantitative estimate of drug-likeness (QED) is 0.663. The first-order valence-corrected chi connectivity index (χ1v) is 11.1. The number of nitrogens with one attached hydrogen (secondary N) is 1. The Morgan fingerprint density at radius 2 is 1.63 bits per heavy atom. The molecule has 0 fully saturated rings. The molecule has 0 aliphatic carbocycles. The van der Waals surface area contributed by atoms with E-state index in [0.717, 1.165) is 30.4 Å². The monoisotopic (exact) mass is 388 g/mol. The second kappa shape index (κ2) is 9.55. The fourth-order valence-electron chi connectivity index (χ4n) is 2.72. The van der Waals surface area contributed by atoms with Crippen LogP contribution in [0, 0.1) is 6.92 Å². The third-order valence-corrected chi connectivity index (χ3v) is 5.47. The Hall–Kier alpha value is -2.34. The molecule has 1 N–H and O–H groups in total. The minimum atomic E-state index is -3.45. The highest BCUT2D eigenvalue weighted by atomic mass is 32.2. The van der Waals surface area contributed by atoms with Crippen molar-refractivity contribution in [2.24, 2.45) is 0 Å². The van der Waals surface area contributed by atoms with E-state index in [1.165, 1.54) is 10.6 Å². The molecule has 0 saturated heterocycles. The molecule has 0 aromatic heterocycles. The highest BCUT2D eigenvalue weighted by molar-refractivity contribution is 7.92. The number of nitrogens with zero attached hydrogens (tertiary/aromatic N) is 1. The molecule has 0 saturated carbocycles. The van der Waals surface area contributed by atoms with Gasteiger partial charge in [-0.05, 0) is 43.2 Å².